The molecular formula is C17H25N3O. The van der Waals surface area contributed by atoms with Gasteiger partial charge in [-0.25, -0.2) is 0 Å². The molecule has 0 bridgehead atoms. The summed E-state index contributed by atoms with van der Waals surface area (Å²) in [6.45, 7) is 7.27. The molecule has 0 aliphatic heterocycles. The molecule has 0 spiro atoms. The van der Waals surface area contributed by atoms with Crippen molar-refractivity contribution in [2.24, 2.45) is 5.41 Å². The van der Waals surface area contributed by atoms with Crippen molar-refractivity contribution >= 4 is 11.6 Å². The van der Waals surface area contributed by atoms with Crippen molar-refractivity contribution in [2.75, 3.05) is 18.9 Å². The fourth-order valence-electron chi connectivity index (χ4n) is 2.01. The molecule has 0 aliphatic carbocycles. The van der Waals surface area contributed by atoms with E-state index in [4.69, 9.17) is 5.26 Å². The second-order valence-corrected chi connectivity index (χ2v) is 6.21. The quantitative estimate of drug-likeness (QED) is 0.836. The van der Waals surface area contributed by atoms with Crippen molar-refractivity contribution in [3.8, 4) is 6.07 Å². The number of nitrogens with one attached hydrogen (secondary N) is 1. The van der Waals surface area contributed by atoms with Crippen LogP contribution in [-0.2, 0) is 11.3 Å². The van der Waals surface area contributed by atoms with Crippen LogP contribution in [0.25, 0.3) is 0 Å². The number of carbonyl (C=O) groups is 1. The van der Waals surface area contributed by atoms with Crippen LogP contribution in [0.2, 0.25) is 0 Å². The molecule has 0 saturated carbocycles. The Bertz CT molecular complexity index is 517. The van der Waals surface area contributed by atoms with Crippen molar-refractivity contribution in [3.05, 3.63) is 29.8 Å². The minimum Gasteiger partial charge on any atom is -0.384 e. The summed E-state index contributed by atoms with van der Waals surface area (Å²) in [5, 5.41) is 12.2. The molecule has 0 aliphatic rings. The Morgan fingerprint density at radius 2 is 2.05 bits per heavy atom. The Balaban J connectivity index is 2.71. The first kappa shape index (κ1) is 17.0. The van der Waals surface area contributed by atoms with Gasteiger partial charge in [-0.2, -0.15) is 5.26 Å². The predicted molar refractivity (Wildman–Crippen MR) is 85.7 cm³/mol. The van der Waals surface area contributed by atoms with Gasteiger partial charge in [0.25, 0.3) is 0 Å². The summed E-state index contributed by atoms with van der Waals surface area (Å²) in [6, 6.07) is 10.2. The van der Waals surface area contributed by atoms with Crippen LogP contribution < -0.4 is 5.32 Å². The van der Waals surface area contributed by atoms with Crippen molar-refractivity contribution in [3.63, 3.8) is 0 Å². The van der Waals surface area contributed by atoms with Crippen LogP contribution in [0.3, 0.4) is 0 Å². The van der Waals surface area contributed by atoms with Crippen LogP contribution in [0.1, 0.15) is 39.2 Å². The van der Waals surface area contributed by atoms with Gasteiger partial charge in [-0.1, -0.05) is 32.0 Å². The molecule has 114 valence electrons. The number of rotatable bonds is 7. The molecule has 0 unspecified atom stereocenters. The maximum atomic E-state index is 11.4. The number of para-hydroxylation sites is 1. The van der Waals surface area contributed by atoms with Crippen LogP contribution in [0, 0.1) is 16.7 Å². The summed E-state index contributed by atoms with van der Waals surface area (Å²) >= 11 is 0. The lowest BCUT2D eigenvalue weighted by Gasteiger charge is -2.26. The zero-order valence-corrected chi connectivity index (χ0v) is 13.4. The SMILES string of the molecule is CC(=O)N(C)Cc1ccccc1NCC(C)(C)CCC#N. The van der Waals surface area contributed by atoms with Gasteiger partial charge in [-0.05, 0) is 23.5 Å². The smallest absolute Gasteiger partial charge is 0.219 e. The number of anilines is 1. The standard InChI is InChI=1S/C17H25N3O/c1-14(21)20(4)12-15-8-5-6-9-16(15)19-13-17(2,3)10-7-11-18/h5-6,8-9,19H,7,10,12-13H2,1-4H3. The Kier molecular flexibility index (Phi) is 6.23. The highest BCUT2D eigenvalue weighted by molar-refractivity contribution is 5.73. The van der Waals surface area contributed by atoms with Gasteiger partial charge in [-0.3, -0.25) is 4.79 Å². The lowest BCUT2D eigenvalue weighted by molar-refractivity contribution is -0.128. The summed E-state index contributed by atoms with van der Waals surface area (Å²) in [7, 11) is 1.80. The van der Waals surface area contributed by atoms with Crippen molar-refractivity contribution in [1.82, 2.24) is 4.90 Å². The first-order valence-corrected chi connectivity index (χ1v) is 7.26. The Morgan fingerprint density at radius 3 is 2.67 bits per heavy atom. The highest BCUT2D eigenvalue weighted by Gasteiger charge is 2.18. The molecule has 21 heavy (non-hydrogen) atoms. The molecule has 1 N–H and O–H groups in total. The van der Waals surface area contributed by atoms with Gasteiger partial charge in [0.05, 0.1) is 6.07 Å². The lowest BCUT2D eigenvalue weighted by atomic mass is 9.88. The molecule has 0 aromatic heterocycles. The van der Waals surface area contributed by atoms with E-state index < -0.39 is 0 Å². The molecular weight excluding hydrogens is 262 g/mol. The highest BCUT2D eigenvalue weighted by atomic mass is 16.2. The van der Waals surface area contributed by atoms with E-state index in [0.717, 1.165) is 24.2 Å². The molecule has 0 heterocycles. The molecule has 0 atom stereocenters. The number of nitriles is 1. The number of hydrogen-bond donors (Lipinski definition) is 1. The monoisotopic (exact) mass is 287 g/mol. The van der Waals surface area contributed by atoms with E-state index in [1.54, 1.807) is 18.9 Å². The zero-order valence-electron chi connectivity index (χ0n) is 13.4. The second-order valence-electron chi connectivity index (χ2n) is 6.21. The van der Waals surface area contributed by atoms with Gasteiger partial charge in [0, 0.05) is 39.2 Å². The summed E-state index contributed by atoms with van der Waals surface area (Å²) in [6.07, 6.45) is 1.44. The van der Waals surface area contributed by atoms with Gasteiger partial charge >= 0.3 is 0 Å². The summed E-state index contributed by atoms with van der Waals surface area (Å²) < 4.78 is 0. The van der Waals surface area contributed by atoms with Gasteiger partial charge in [0.1, 0.15) is 0 Å². The minimum absolute atomic E-state index is 0.0548. The molecule has 4 nitrogen and oxygen atoms in total. The van der Waals surface area contributed by atoms with Crippen molar-refractivity contribution < 1.29 is 4.79 Å². The molecule has 0 fully saturated rings. The van der Waals surface area contributed by atoms with E-state index >= 15 is 0 Å². The average molecular weight is 287 g/mol. The van der Waals surface area contributed by atoms with E-state index in [1.165, 1.54) is 0 Å². The largest absolute Gasteiger partial charge is 0.384 e. The Hall–Kier alpha value is -2.02. The van der Waals surface area contributed by atoms with E-state index in [9.17, 15) is 4.79 Å². The van der Waals surface area contributed by atoms with Gasteiger partial charge < -0.3 is 10.2 Å². The molecule has 1 aromatic carbocycles. The topological polar surface area (TPSA) is 56.1 Å². The molecule has 0 saturated heterocycles. The molecule has 1 rings (SSSR count). The maximum absolute atomic E-state index is 11.4. The van der Waals surface area contributed by atoms with Crippen molar-refractivity contribution in [1.29, 1.82) is 5.26 Å². The number of hydrogen-bond acceptors (Lipinski definition) is 3. The van der Waals surface area contributed by atoms with Crippen LogP contribution in [0.5, 0.6) is 0 Å². The predicted octanol–water partition coefficient (Wildman–Crippen LogP) is 3.41. The minimum atomic E-state index is 0.0548. The lowest BCUT2D eigenvalue weighted by Crippen LogP contribution is -2.26. The average Bonchev–Trinajstić information content (AvgIpc) is 2.44. The van der Waals surface area contributed by atoms with E-state index in [0.29, 0.717) is 13.0 Å². The van der Waals surface area contributed by atoms with Crippen LogP contribution in [0.15, 0.2) is 24.3 Å². The zero-order chi connectivity index (χ0) is 15.9. The highest BCUT2D eigenvalue weighted by Crippen LogP contribution is 2.24. The Labute approximate surface area is 127 Å². The fraction of sp³-hybridized carbons (Fsp3) is 0.529. The number of amides is 1. The van der Waals surface area contributed by atoms with Gasteiger partial charge in [0.15, 0.2) is 0 Å². The Morgan fingerprint density at radius 1 is 1.38 bits per heavy atom. The normalized spacial score (nSPS) is 10.8. The number of benzene rings is 1. The summed E-state index contributed by atoms with van der Waals surface area (Å²) in [5.41, 5.74) is 2.22. The molecule has 0 radical (unpaired) electrons. The molecule has 1 aromatic rings. The maximum Gasteiger partial charge on any atom is 0.219 e. The van der Waals surface area contributed by atoms with E-state index in [1.807, 2.05) is 24.3 Å². The summed E-state index contributed by atoms with van der Waals surface area (Å²) in [5.74, 6) is 0.0548. The molecule has 1 amide bonds. The molecule has 4 heteroatoms. The van der Waals surface area contributed by atoms with E-state index in [-0.39, 0.29) is 11.3 Å². The first-order chi connectivity index (χ1) is 9.85. The third kappa shape index (κ3) is 5.86. The van der Waals surface area contributed by atoms with Gasteiger partial charge in [0.2, 0.25) is 5.91 Å². The van der Waals surface area contributed by atoms with Crippen LogP contribution in [0.4, 0.5) is 5.69 Å². The first-order valence-electron chi connectivity index (χ1n) is 7.26. The van der Waals surface area contributed by atoms with Crippen LogP contribution >= 0.6 is 0 Å². The number of nitrogens with zero attached hydrogens (tertiary/aromatic N) is 2. The number of carbonyl (C=O) groups excluding carboxylic acids is 1. The third-order valence-corrected chi connectivity index (χ3v) is 3.63. The van der Waals surface area contributed by atoms with Crippen molar-refractivity contribution in [2.45, 2.75) is 40.2 Å². The second kappa shape index (κ2) is 7.68. The van der Waals surface area contributed by atoms with E-state index in [2.05, 4.69) is 25.2 Å². The third-order valence-electron chi connectivity index (χ3n) is 3.63. The van der Waals surface area contributed by atoms with Gasteiger partial charge in [-0.15, -0.1) is 0 Å². The fourth-order valence-corrected chi connectivity index (χ4v) is 2.01. The summed E-state index contributed by atoms with van der Waals surface area (Å²) in [4.78, 5) is 13.1. The van der Waals surface area contributed by atoms with Crippen LogP contribution in [-0.4, -0.2) is 24.4 Å².